The van der Waals surface area contributed by atoms with Crippen molar-refractivity contribution in [1.29, 1.82) is 0 Å². The first kappa shape index (κ1) is 12.3. The molecule has 0 bridgehead atoms. The molecule has 92 valence electrons. The molecule has 1 aromatic heterocycles. The lowest BCUT2D eigenvalue weighted by Crippen LogP contribution is -2.14. The summed E-state index contributed by atoms with van der Waals surface area (Å²) >= 11 is 5.79. The van der Waals surface area contributed by atoms with Gasteiger partial charge in [0.1, 0.15) is 11.5 Å². The minimum atomic E-state index is -0.506. The number of aromatic nitrogens is 1. The predicted molar refractivity (Wildman–Crippen MR) is 68.0 cm³/mol. The lowest BCUT2D eigenvalue weighted by molar-refractivity contribution is 0.102. The number of halogens is 2. The summed E-state index contributed by atoms with van der Waals surface area (Å²) in [5, 5.41) is 3.00. The number of nitrogens with one attached hydrogen (secondary N) is 1. The molecule has 18 heavy (non-hydrogen) atoms. The number of nitrogen functional groups attached to an aromatic ring is 1. The Morgan fingerprint density at radius 2 is 2.11 bits per heavy atom. The van der Waals surface area contributed by atoms with Crippen LogP contribution in [-0.2, 0) is 0 Å². The molecule has 1 aromatic carbocycles. The largest absolute Gasteiger partial charge is 0.397 e. The van der Waals surface area contributed by atoms with Gasteiger partial charge in [-0.1, -0.05) is 11.6 Å². The molecular formula is C12H9ClFN3O. The number of nitrogens with two attached hydrogens (primary N) is 1. The number of pyridine rings is 1. The monoisotopic (exact) mass is 265 g/mol. The minimum Gasteiger partial charge on any atom is -0.397 e. The fourth-order valence-corrected chi connectivity index (χ4v) is 1.51. The van der Waals surface area contributed by atoms with Crippen molar-refractivity contribution < 1.29 is 9.18 Å². The molecule has 0 saturated heterocycles. The Bertz CT molecular complexity index is 586. The summed E-state index contributed by atoms with van der Waals surface area (Å²) in [6.07, 6.45) is 0.968. The number of carbonyl (C=O) groups excluding carboxylic acids is 1. The Balaban J connectivity index is 2.21. The van der Waals surface area contributed by atoms with E-state index in [2.05, 4.69) is 10.3 Å². The zero-order valence-corrected chi connectivity index (χ0v) is 9.91. The number of carbonyl (C=O) groups is 1. The van der Waals surface area contributed by atoms with Crippen LogP contribution in [0.5, 0.6) is 0 Å². The van der Waals surface area contributed by atoms with Gasteiger partial charge in [-0.2, -0.15) is 0 Å². The Morgan fingerprint density at radius 3 is 2.78 bits per heavy atom. The van der Waals surface area contributed by atoms with Gasteiger partial charge in [0, 0.05) is 5.02 Å². The van der Waals surface area contributed by atoms with Crippen molar-refractivity contribution in [3.8, 4) is 0 Å². The molecule has 0 saturated carbocycles. The van der Waals surface area contributed by atoms with E-state index in [1.165, 1.54) is 12.1 Å². The van der Waals surface area contributed by atoms with Crippen molar-refractivity contribution >= 4 is 28.9 Å². The number of rotatable bonds is 2. The summed E-state index contributed by atoms with van der Waals surface area (Å²) in [4.78, 5) is 15.5. The van der Waals surface area contributed by atoms with Crippen molar-refractivity contribution in [2.24, 2.45) is 0 Å². The van der Waals surface area contributed by atoms with Gasteiger partial charge in [0.15, 0.2) is 0 Å². The molecule has 0 atom stereocenters. The number of hydrogen-bond acceptors (Lipinski definition) is 3. The molecule has 2 aromatic rings. The first-order valence-corrected chi connectivity index (χ1v) is 5.42. The van der Waals surface area contributed by atoms with Crippen LogP contribution in [0.4, 0.5) is 15.8 Å². The lowest BCUT2D eigenvalue weighted by Gasteiger charge is -2.07. The predicted octanol–water partition coefficient (Wildman–Crippen LogP) is 2.71. The van der Waals surface area contributed by atoms with Gasteiger partial charge in [-0.05, 0) is 30.3 Å². The topological polar surface area (TPSA) is 68.0 Å². The Kier molecular flexibility index (Phi) is 3.43. The number of amides is 1. The van der Waals surface area contributed by atoms with Crippen LogP contribution in [0.25, 0.3) is 0 Å². The lowest BCUT2D eigenvalue weighted by atomic mass is 10.2. The smallest absolute Gasteiger partial charge is 0.274 e. The molecule has 6 heteroatoms. The molecule has 0 aliphatic carbocycles. The van der Waals surface area contributed by atoms with Crippen molar-refractivity contribution in [3.63, 3.8) is 0 Å². The van der Waals surface area contributed by atoms with Crippen LogP contribution in [0.3, 0.4) is 0 Å². The van der Waals surface area contributed by atoms with Crippen molar-refractivity contribution in [2.45, 2.75) is 0 Å². The van der Waals surface area contributed by atoms with E-state index >= 15 is 0 Å². The van der Waals surface area contributed by atoms with Gasteiger partial charge >= 0.3 is 0 Å². The molecule has 0 radical (unpaired) electrons. The van der Waals surface area contributed by atoms with E-state index in [4.69, 9.17) is 17.3 Å². The molecule has 0 unspecified atom stereocenters. The van der Waals surface area contributed by atoms with Gasteiger partial charge in [-0.3, -0.25) is 4.79 Å². The van der Waals surface area contributed by atoms with E-state index in [0.717, 1.165) is 12.3 Å². The zero-order valence-electron chi connectivity index (χ0n) is 9.15. The van der Waals surface area contributed by atoms with Crippen LogP contribution in [0.1, 0.15) is 10.5 Å². The number of anilines is 2. The van der Waals surface area contributed by atoms with Crippen LogP contribution in [0.2, 0.25) is 5.02 Å². The summed E-state index contributed by atoms with van der Waals surface area (Å²) in [5.41, 5.74) is 6.55. The van der Waals surface area contributed by atoms with E-state index in [9.17, 15) is 9.18 Å². The second kappa shape index (κ2) is 5.01. The number of hydrogen-bond donors (Lipinski definition) is 2. The minimum absolute atomic E-state index is 0.0933. The van der Waals surface area contributed by atoms with Gasteiger partial charge < -0.3 is 11.1 Å². The fraction of sp³-hybridized carbons (Fsp3) is 0. The standard InChI is InChI=1S/C12H9ClFN3O/c13-7-1-3-9(15)11(5-7)17-12(18)10-4-2-8(14)6-16-10/h1-6H,15H2,(H,17,18). The highest BCUT2D eigenvalue weighted by atomic mass is 35.5. The van der Waals surface area contributed by atoms with Crippen molar-refractivity contribution in [1.82, 2.24) is 4.98 Å². The molecule has 0 spiro atoms. The molecule has 2 rings (SSSR count). The van der Waals surface area contributed by atoms with E-state index in [0.29, 0.717) is 16.4 Å². The highest BCUT2D eigenvalue weighted by Crippen LogP contribution is 2.23. The molecule has 4 nitrogen and oxygen atoms in total. The summed E-state index contributed by atoms with van der Waals surface area (Å²) in [5.74, 6) is -0.988. The van der Waals surface area contributed by atoms with Gasteiger partial charge in [-0.15, -0.1) is 0 Å². The van der Waals surface area contributed by atoms with E-state index in [1.54, 1.807) is 12.1 Å². The van der Waals surface area contributed by atoms with E-state index in [-0.39, 0.29) is 5.69 Å². The second-order valence-corrected chi connectivity index (χ2v) is 3.98. The molecule has 0 aliphatic heterocycles. The van der Waals surface area contributed by atoms with E-state index in [1.807, 2.05) is 0 Å². The van der Waals surface area contributed by atoms with Gasteiger partial charge in [0.2, 0.25) is 0 Å². The molecule has 3 N–H and O–H groups in total. The number of benzene rings is 1. The maximum atomic E-state index is 12.7. The Hall–Kier alpha value is -2.14. The van der Waals surface area contributed by atoms with E-state index < -0.39 is 11.7 Å². The normalized spacial score (nSPS) is 10.1. The fourth-order valence-electron chi connectivity index (χ4n) is 1.33. The zero-order chi connectivity index (χ0) is 13.1. The van der Waals surface area contributed by atoms with Crippen LogP contribution in [0, 0.1) is 5.82 Å². The van der Waals surface area contributed by atoms with Crippen LogP contribution in [-0.4, -0.2) is 10.9 Å². The van der Waals surface area contributed by atoms with Gasteiger partial charge in [-0.25, -0.2) is 9.37 Å². The summed E-state index contributed by atoms with van der Waals surface area (Å²) in [6, 6.07) is 7.16. The quantitative estimate of drug-likeness (QED) is 0.821. The summed E-state index contributed by atoms with van der Waals surface area (Å²) in [7, 11) is 0. The molecule has 0 fully saturated rings. The third-order valence-electron chi connectivity index (χ3n) is 2.22. The van der Waals surface area contributed by atoms with Crippen molar-refractivity contribution in [2.75, 3.05) is 11.1 Å². The molecule has 1 amide bonds. The van der Waals surface area contributed by atoms with Gasteiger partial charge in [0.25, 0.3) is 5.91 Å². The van der Waals surface area contributed by atoms with Crippen molar-refractivity contribution in [3.05, 3.63) is 53.1 Å². The first-order chi connectivity index (χ1) is 8.56. The average Bonchev–Trinajstić information content (AvgIpc) is 2.34. The third kappa shape index (κ3) is 2.75. The highest BCUT2D eigenvalue weighted by Gasteiger charge is 2.09. The summed E-state index contributed by atoms with van der Waals surface area (Å²) in [6.45, 7) is 0. The maximum absolute atomic E-state index is 12.7. The third-order valence-corrected chi connectivity index (χ3v) is 2.46. The maximum Gasteiger partial charge on any atom is 0.274 e. The van der Waals surface area contributed by atoms with Crippen LogP contribution in [0.15, 0.2) is 36.5 Å². The first-order valence-electron chi connectivity index (χ1n) is 5.04. The molecule has 1 heterocycles. The number of nitrogens with zero attached hydrogens (tertiary/aromatic N) is 1. The highest BCUT2D eigenvalue weighted by molar-refractivity contribution is 6.31. The average molecular weight is 266 g/mol. The SMILES string of the molecule is Nc1ccc(Cl)cc1NC(=O)c1ccc(F)cn1. The Morgan fingerprint density at radius 1 is 1.33 bits per heavy atom. The second-order valence-electron chi connectivity index (χ2n) is 3.55. The molecular weight excluding hydrogens is 257 g/mol. The van der Waals surface area contributed by atoms with Gasteiger partial charge in [0.05, 0.1) is 17.6 Å². The Labute approximate surface area is 108 Å². The van der Waals surface area contributed by atoms with Crippen LogP contribution < -0.4 is 11.1 Å². The summed E-state index contributed by atoms with van der Waals surface area (Å²) < 4.78 is 12.7. The van der Waals surface area contributed by atoms with Crippen LogP contribution >= 0.6 is 11.6 Å². The molecule has 0 aliphatic rings.